The molecule has 0 saturated carbocycles. The molecule has 2 aromatic heterocycles. The van der Waals surface area contributed by atoms with Gasteiger partial charge in [-0.3, -0.25) is 9.59 Å². The minimum Gasteiger partial charge on any atom is -0.484 e. The molecule has 2 N–H and O–H groups in total. The fourth-order valence-corrected chi connectivity index (χ4v) is 2.76. The number of hydrogen-bond donors (Lipinski definition) is 2. The molecule has 0 unspecified atom stereocenters. The molecule has 0 aliphatic carbocycles. The third kappa shape index (κ3) is 5.38. The summed E-state index contributed by atoms with van der Waals surface area (Å²) in [5, 5.41) is 10.9. The predicted molar refractivity (Wildman–Crippen MR) is 99.6 cm³/mol. The van der Waals surface area contributed by atoms with E-state index in [0.29, 0.717) is 11.6 Å². The minimum atomic E-state index is -0.490. The van der Waals surface area contributed by atoms with Crippen LogP contribution in [-0.2, 0) is 4.79 Å². The zero-order chi connectivity index (χ0) is 19.1. The molecule has 2 heterocycles. The van der Waals surface area contributed by atoms with Crippen molar-refractivity contribution in [1.82, 2.24) is 20.8 Å². The molecule has 9 heteroatoms. The number of benzene rings is 1. The monoisotopic (exact) mass is 386 g/mol. The fourth-order valence-electron chi connectivity index (χ4n) is 2.11. The van der Waals surface area contributed by atoms with E-state index in [0.717, 1.165) is 10.4 Å². The van der Waals surface area contributed by atoms with Crippen LogP contribution in [0.2, 0.25) is 0 Å². The first-order chi connectivity index (χ1) is 13.1. The van der Waals surface area contributed by atoms with Gasteiger partial charge in [-0.05, 0) is 30.5 Å². The summed E-state index contributed by atoms with van der Waals surface area (Å²) in [4.78, 5) is 28.6. The number of carbonyl (C=O) groups excluding carboxylic acids is 2. The van der Waals surface area contributed by atoms with Gasteiger partial charge in [0.2, 0.25) is 5.82 Å². The van der Waals surface area contributed by atoms with E-state index in [-0.39, 0.29) is 31.5 Å². The highest BCUT2D eigenvalue weighted by molar-refractivity contribution is 7.13. The van der Waals surface area contributed by atoms with Gasteiger partial charge in [-0.25, -0.2) is 0 Å². The van der Waals surface area contributed by atoms with Crippen LogP contribution >= 0.6 is 11.3 Å². The van der Waals surface area contributed by atoms with E-state index in [1.165, 1.54) is 11.3 Å². The molecule has 0 saturated heterocycles. The van der Waals surface area contributed by atoms with Crippen LogP contribution in [0.15, 0.2) is 46.3 Å². The summed E-state index contributed by atoms with van der Waals surface area (Å²) in [7, 11) is 0. The summed E-state index contributed by atoms with van der Waals surface area (Å²) >= 11 is 1.45. The standard InChI is InChI=1S/C18H18N4O4S/c1-12-4-6-13(7-5-12)25-11-15(23)19-8-9-20-17(24)18-21-16(22-26-18)14-3-2-10-27-14/h2-7,10H,8-9,11H2,1H3,(H,19,23)(H,20,24). The minimum absolute atomic E-state index is 0.0924. The molecule has 8 nitrogen and oxygen atoms in total. The predicted octanol–water partition coefficient (Wildman–Crippen LogP) is 2.03. The normalized spacial score (nSPS) is 10.4. The Labute approximate surface area is 159 Å². The Hall–Kier alpha value is -3.20. The lowest BCUT2D eigenvalue weighted by atomic mass is 10.2. The maximum Gasteiger partial charge on any atom is 0.316 e. The molecule has 0 atom stereocenters. The van der Waals surface area contributed by atoms with Gasteiger partial charge < -0.3 is 19.9 Å². The van der Waals surface area contributed by atoms with E-state index in [4.69, 9.17) is 9.26 Å². The number of ether oxygens (including phenoxy) is 1. The lowest BCUT2D eigenvalue weighted by molar-refractivity contribution is -0.123. The van der Waals surface area contributed by atoms with Crippen molar-refractivity contribution in [3.63, 3.8) is 0 Å². The number of hydrogen-bond acceptors (Lipinski definition) is 7. The van der Waals surface area contributed by atoms with Crippen molar-refractivity contribution in [3.8, 4) is 16.5 Å². The van der Waals surface area contributed by atoms with E-state index in [9.17, 15) is 9.59 Å². The molecule has 140 valence electrons. The molecule has 2 amide bonds. The van der Waals surface area contributed by atoms with Gasteiger partial charge in [0.1, 0.15) is 5.75 Å². The van der Waals surface area contributed by atoms with Crippen LogP contribution in [0.4, 0.5) is 0 Å². The van der Waals surface area contributed by atoms with E-state index in [2.05, 4.69) is 20.8 Å². The molecule has 0 radical (unpaired) electrons. The fraction of sp³-hybridized carbons (Fsp3) is 0.222. The molecule has 0 aliphatic heterocycles. The highest BCUT2D eigenvalue weighted by Gasteiger charge is 2.16. The Bertz CT molecular complexity index is 890. The first kappa shape index (κ1) is 18.6. The van der Waals surface area contributed by atoms with Crippen LogP contribution < -0.4 is 15.4 Å². The summed E-state index contributed by atoms with van der Waals surface area (Å²) in [6.07, 6.45) is 0. The Balaban J connectivity index is 1.35. The van der Waals surface area contributed by atoms with Gasteiger partial charge in [0.25, 0.3) is 5.91 Å². The van der Waals surface area contributed by atoms with Crippen LogP contribution in [0.1, 0.15) is 16.2 Å². The quantitative estimate of drug-likeness (QED) is 0.574. The van der Waals surface area contributed by atoms with Crippen LogP contribution in [0, 0.1) is 6.92 Å². The highest BCUT2D eigenvalue weighted by Crippen LogP contribution is 2.21. The van der Waals surface area contributed by atoms with Crippen molar-refractivity contribution in [2.24, 2.45) is 0 Å². The van der Waals surface area contributed by atoms with E-state index in [1.807, 2.05) is 36.6 Å². The number of amides is 2. The van der Waals surface area contributed by atoms with Crippen molar-refractivity contribution in [3.05, 3.63) is 53.2 Å². The molecule has 27 heavy (non-hydrogen) atoms. The van der Waals surface area contributed by atoms with Gasteiger partial charge in [0.15, 0.2) is 6.61 Å². The van der Waals surface area contributed by atoms with Gasteiger partial charge >= 0.3 is 11.8 Å². The van der Waals surface area contributed by atoms with Gasteiger partial charge in [-0.15, -0.1) is 11.3 Å². The largest absolute Gasteiger partial charge is 0.484 e. The summed E-state index contributed by atoms with van der Waals surface area (Å²) in [6, 6.07) is 11.1. The van der Waals surface area contributed by atoms with E-state index in [1.54, 1.807) is 12.1 Å². The van der Waals surface area contributed by atoms with E-state index < -0.39 is 5.91 Å². The molecule has 3 aromatic rings. The molecule has 0 bridgehead atoms. The number of aromatic nitrogens is 2. The van der Waals surface area contributed by atoms with E-state index >= 15 is 0 Å². The third-order valence-corrected chi connectivity index (χ3v) is 4.35. The number of aryl methyl sites for hydroxylation is 1. The maximum absolute atomic E-state index is 12.0. The summed E-state index contributed by atoms with van der Waals surface area (Å²) in [6.45, 7) is 2.37. The van der Waals surface area contributed by atoms with Crippen LogP contribution in [0.5, 0.6) is 5.75 Å². The first-order valence-corrected chi connectivity index (χ1v) is 9.12. The molecule has 0 fully saturated rings. The SMILES string of the molecule is Cc1ccc(OCC(=O)NCCNC(=O)c2nc(-c3cccs3)no2)cc1. The zero-order valence-electron chi connectivity index (χ0n) is 14.6. The highest BCUT2D eigenvalue weighted by atomic mass is 32.1. The van der Waals surface area contributed by atoms with Gasteiger partial charge in [0.05, 0.1) is 4.88 Å². The number of rotatable bonds is 8. The van der Waals surface area contributed by atoms with Crippen molar-refractivity contribution in [1.29, 1.82) is 0 Å². The Morgan fingerprint density at radius 3 is 2.67 bits per heavy atom. The Morgan fingerprint density at radius 1 is 1.15 bits per heavy atom. The second kappa shape index (κ2) is 8.95. The van der Waals surface area contributed by atoms with Crippen LogP contribution in [0.25, 0.3) is 10.7 Å². The lowest BCUT2D eigenvalue weighted by Gasteiger charge is -2.08. The van der Waals surface area contributed by atoms with Gasteiger partial charge in [-0.1, -0.05) is 28.9 Å². The van der Waals surface area contributed by atoms with Crippen molar-refractivity contribution in [2.45, 2.75) is 6.92 Å². The van der Waals surface area contributed by atoms with Crippen molar-refractivity contribution >= 4 is 23.2 Å². The van der Waals surface area contributed by atoms with Crippen molar-refractivity contribution in [2.75, 3.05) is 19.7 Å². The van der Waals surface area contributed by atoms with Crippen LogP contribution in [0.3, 0.4) is 0 Å². The summed E-state index contributed by atoms with van der Waals surface area (Å²) in [5.74, 6) is 0.115. The average molecular weight is 386 g/mol. The zero-order valence-corrected chi connectivity index (χ0v) is 15.4. The topological polar surface area (TPSA) is 106 Å². The second-order valence-corrected chi connectivity index (χ2v) is 6.56. The Kier molecular flexibility index (Phi) is 6.16. The lowest BCUT2D eigenvalue weighted by Crippen LogP contribution is -2.36. The molecular weight excluding hydrogens is 368 g/mol. The van der Waals surface area contributed by atoms with Crippen molar-refractivity contribution < 1.29 is 18.8 Å². The first-order valence-electron chi connectivity index (χ1n) is 8.24. The average Bonchev–Trinajstić information content (AvgIpc) is 3.36. The summed E-state index contributed by atoms with van der Waals surface area (Å²) < 4.78 is 10.3. The number of nitrogens with one attached hydrogen (secondary N) is 2. The molecule has 3 rings (SSSR count). The smallest absolute Gasteiger partial charge is 0.316 e. The third-order valence-electron chi connectivity index (χ3n) is 3.49. The van der Waals surface area contributed by atoms with Gasteiger partial charge in [-0.2, -0.15) is 4.98 Å². The number of thiophene rings is 1. The summed E-state index contributed by atoms with van der Waals surface area (Å²) in [5.41, 5.74) is 1.12. The van der Waals surface area contributed by atoms with Crippen LogP contribution in [-0.4, -0.2) is 41.7 Å². The second-order valence-electron chi connectivity index (χ2n) is 5.61. The molecule has 0 aliphatic rings. The van der Waals surface area contributed by atoms with Gasteiger partial charge in [0, 0.05) is 13.1 Å². The molecular formula is C18H18N4O4S. The molecule has 0 spiro atoms. The maximum atomic E-state index is 12.0. The molecule has 1 aromatic carbocycles. The number of nitrogens with zero attached hydrogens (tertiary/aromatic N) is 2. The Morgan fingerprint density at radius 2 is 1.93 bits per heavy atom. The number of carbonyl (C=O) groups is 2.